The number of nitrogens with zero attached hydrogens (tertiary/aromatic N) is 2. The number of imide groups is 1. The normalized spacial score (nSPS) is 12.5. The van der Waals surface area contributed by atoms with E-state index in [1.54, 1.807) is 42.5 Å². The van der Waals surface area contributed by atoms with E-state index in [-0.39, 0.29) is 16.6 Å². The summed E-state index contributed by atoms with van der Waals surface area (Å²) in [5.74, 6) is -1.49. The first kappa shape index (κ1) is 23.4. The van der Waals surface area contributed by atoms with Gasteiger partial charge >= 0.3 is 0 Å². The van der Waals surface area contributed by atoms with Gasteiger partial charge in [0.05, 0.1) is 23.0 Å². The zero-order valence-electron chi connectivity index (χ0n) is 19.2. The van der Waals surface area contributed by atoms with E-state index in [1.165, 1.54) is 25.3 Å². The lowest BCUT2D eigenvalue weighted by Gasteiger charge is -2.13. The monoisotopic (exact) mass is 499 g/mol. The van der Waals surface area contributed by atoms with Crippen LogP contribution in [0.1, 0.15) is 20.7 Å². The van der Waals surface area contributed by atoms with Gasteiger partial charge in [-0.3, -0.25) is 34.2 Å². The van der Waals surface area contributed by atoms with Gasteiger partial charge in [-0.2, -0.15) is 0 Å². The van der Waals surface area contributed by atoms with Gasteiger partial charge in [0.1, 0.15) is 29.2 Å². The van der Waals surface area contributed by atoms with E-state index in [4.69, 9.17) is 9.15 Å². The third kappa shape index (κ3) is 4.18. The van der Waals surface area contributed by atoms with Gasteiger partial charge in [0.25, 0.3) is 17.5 Å². The van der Waals surface area contributed by atoms with Crippen LogP contribution in [-0.4, -0.2) is 41.2 Å². The SMILES string of the molecule is COc1ccc2oc(-c3ccc(NC(=O)CN4C(=O)c5cccc([N+](=O)[O-])c5C4=O)cc3)cc(=O)c2c1. The molecule has 5 rings (SSSR count). The first-order valence-corrected chi connectivity index (χ1v) is 10.9. The molecular weight excluding hydrogens is 482 g/mol. The quantitative estimate of drug-likeness (QED) is 0.240. The Bertz CT molecular complexity index is 1670. The zero-order chi connectivity index (χ0) is 26.3. The number of ether oxygens (including phenoxy) is 1. The average Bonchev–Trinajstić information content (AvgIpc) is 3.13. The zero-order valence-corrected chi connectivity index (χ0v) is 19.2. The Hall–Kier alpha value is -5.32. The minimum atomic E-state index is -0.901. The topological polar surface area (TPSA) is 149 Å². The van der Waals surface area contributed by atoms with Crippen molar-refractivity contribution in [3.8, 4) is 17.1 Å². The van der Waals surface area contributed by atoms with E-state index in [1.807, 2.05) is 0 Å². The van der Waals surface area contributed by atoms with Crippen molar-refractivity contribution in [1.29, 1.82) is 0 Å². The number of methoxy groups -OCH3 is 1. The molecule has 4 aromatic rings. The van der Waals surface area contributed by atoms with Crippen LogP contribution in [0.5, 0.6) is 5.75 Å². The first-order chi connectivity index (χ1) is 17.8. The molecule has 3 amide bonds. The number of hydrogen-bond acceptors (Lipinski definition) is 8. The molecule has 0 bridgehead atoms. The van der Waals surface area contributed by atoms with Crippen LogP contribution < -0.4 is 15.5 Å². The third-order valence-corrected chi connectivity index (χ3v) is 5.86. The number of nitro groups is 1. The molecule has 1 aliphatic rings. The predicted octanol–water partition coefficient (Wildman–Crippen LogP) is 3.61. The maximum atomic E-state index is 12.7. The molecule has 0 radical (unpaired) electrons. The lowest BCUT2D eigenvalue weighted by molar-refractivity contribution is -0.385. The van der Waals surface area contributed by atoms with Gasteiger partial charge in [-0.1, -0.05) is 6.07 Å². The van der Waals surface area contributed by atoms with Crippen LogP contribution in [0.4, 0.5) is 11.4 Å². The molecule has 2 heterocycles. The summed E-state index contributed by atoms with van der Waals surface area (Å²) < 4.78 is 11.0. The van der Waals surface area contributed by atoms with Gasteiger partial charge in [-0.25, -0.2) is 0 Å². The summed E-state index contributed by atoms with van der Waals surface area (Å²) in [5.41, 5.74) is 0.158. The molecule has 11 heteroatoms. The lowest BCUT2D eigenvalue weighted by atomic mass is 10.1. The number of carbonyl (C=O) groups is 3. The summed E-state index contributed by atoms with van der Waals surface area (Å²) in [4.78, 5) is 61.5. The number of anilines is 1. The fourth-order valence-electron chi connectivity index (χ4n) is 4.08. The van der Waals surface area contributed by atoms with Crippen molar-refractivity contribution >= 4 is 40.1 Å². The molecule has 0 spiro atoms. The molecule has 1 aliphatic heterocycles. The minimum Gasteiger partial charge on any atom is -0.497 e. The van der Waals surface area contributed by atoms with Crippen LogP contribution in [0.3, 0.4) is 0 Å². The van der Waals surface area contributed by atoms with Crippen molar-refractivity contribution in [3.05, 3.63) is 98.2 Å². The van der Waals surface area contributed by atoms with E-state index < -0.39 is 34.9 Å². The number of rotatable bonds is 6. The molecule has 0 fully saturated rings. The number of carbonyl (C=O) groups excluding carboxylic acids is 3. The van der Waals surface area contributed by atoms with E-state index in [2.05, 4.69) is 5.32 Å². The number of nitrogens with one attached hydrogen (secondary N) is 1. The van der Waals surface area contributed by atoms with Crippen LogP contribution >= 0.6 is 0 Å². The molecule has 0 atom stereocenters. The smallest absolute Gasteiger partial charge is 0.282 e. The highest BCUT2D eigenvalue weighted by atomic mass is 16.6. The molecule has 0 saturated carbocycles. The molecule has 3 aromatic carbocycles. The summed E-state index contributed by atoms with van der Waals surface area (Å²) in [5, 5.41) is 14.2. The molecule has 1 N–H and O–H groups in total. The van der Waals surface area contributed by atoms with Gasteiger partial charge in [-0.05, 0) is 48.5 Å². The Labute approximate surface area is 208 Å². The largest absolute Gasteiger partial charge is 0.497 e. The maximum Gasteiger partial charge on any atom is 0.282 e. The van der Waals surface area contributed by atoms with Crippen LogP contribution in [0.25, 0.3) is 22.3 Å². The number of nitro benzene ring substituents is 1. The minimum absolute atomic E-state index is 0.119. The van der Waals surface area contributed by atoms with E-state index in [9.17, 15) is 29.3 Å². The molecular formula is C26H17N3O8. The summed E-state index contributed by atoms with van der Waals surface area (Å²) >= 11 is 0. The van der Waals surface area contributed by atoms with Gasteiger partial charge in [-0.15, -0.1) is 0 Å². The van der Waals surface area contributed by atoms with Crippen molar-refractivity contribution in [2.75, 3.05) is 19.0 Å². The van der Waals surface area contributed by atoms with Crippen molar-refractivity contribution in [1.82, 2.24) is 4.90 Å². The second-order valence-electron chi connectivity index (χ2n) is 8.12. The molecule has 11 nitrogen and oxygen atoms in total. The average molecular weight is 499 g/mol. The van der Waals surface area contributed by atoms with Crippen LogP contribution in [0.15, 0.2) is 75.9 Å². The summed E-state index contributed by atoms with van der Waals surface area (Å²) in [6, 6.07) is 16.4. The Morgan fingerprint density at radius 2 is 1.78 bits per heavy atom. The molecule has 0 aliphatic carbocycles. The van der Waals surface area contributed by atoms with Gasteiger partial charge in [0.2, 0.25) is 5.91 Å². The summed E-state index contributed by atoms with van der Waals surface area (Å²) in [6.07, 6.45) is 0. The number of amides is 3. The van der Waals surface area contributed by atoms with Crippen molar-refractivity contribution < 1.29 is 28.5 Å². The standard InChI is InChI=1S/C26H17N3O8/c1-36-16-9-10-21-18(11-16)20(30)12-22(37-21)14-5-7-15(8-6-14)27-23(31)13-28-25(32)17-3-2-4-19(29(34)35)24(17)26(28)33/h2-12H,13H2,1H3,(H,27,31). The molecule has 0 saturated heterocycles. The number of hydrogen-bond donors (Lipinski definition) is 1. The molecule has 184 valence electrons. The van der Waals surface area contributed by atoms with Crippen molar-refractivity contribution in [2.24, 2.45) is 0 Å². The van der Waals surface area contributed by atoms with E-state index in [0.717, 1.165) is 6.07 Å². The summed E-state index contributed by atoms with van der Waals surface area (Å²) in [7, 11) is 1.50. The first-order valence-electron chi connectivity index (χ1n) is 10.9. The Morgan fingerprint density at radius 1 is 1.03 bits per heavy atom. The van der Waals surface area contributed by atoms with Crippen LogP contribution in [0, 0.1) is 10.1 Å². The fraction of sp³-hybridized carbons (Fsp3) is 0.0769. The highest BCUT2D eigenvalue weighted by Gasteiger charge is 2.41. The van der Waals surface area contributed by atoms with Crippen LogP contribution in [0.2, 0.25) is 0 Å². The predicted molar refractivity (Wildman–Crippen MR) is 132 cm³/mol. The lowest BCUT2D eigenvalue weighted by Crippen LogP contribution is -2.37. The van der Waals surface area contributed by atoms with E-state index in [0.29, 0.717) is 38.6 Å². The second-order valence-corrected chi connectivity index (χ2v) is 8.12. The Kier molecular flexibility index (Phi) is 5.72. The fourth-order valence-corrected chi connectivity index (χ4v) is 4.08. The maximum absolute atomic E-state index is 12.7. The highest BCUT2D eigenvalue weighted by molar-refractivity contribution is 6.24. The third-order valence-electron chi connectivity index (χ3n) is 5.86. The van der Waals surface area contributed by atoms with Crippen LogP contribution in [-0.2, 0) is 4.79 Å². The second kappa shape index (κ2) is 9.04. The van der Waals surface area contributed by atoms with Gasteiger partial charge in [0, 0.05) is 23.4 Å². The summed E-state index contributed by atoms with van der Waals surface area (Å²) in [6.45, 7) is -0.617. The molecule has 1 aromatic heterocycles. The van der Waals surface area contributed by atoms with Gasteiger partial charge in [0.15, 0.2) is 5.43 Å². The Morgan fingerprint density at radius 3 is 2.49 bits per heavy atom. The Balaban J connectivity index is 1.31. The van der Waals surface area contributed by atoms with Crippen molar-refractivity contribution in [3.63, 3.8) is 0 Å². The number of fused-ring (bicyclic) bond motifs is 2. The molecule has 37 heavy (non-hydrogen) atoms. The molecule has 0 unspecified atom stereocenters. The highest BCUT2D eigenvalue weighted by Crippen LogP contribution is 2.31. The number of benzene rings is 3. The van der Waals surface area contributed by atoms with Gasteiger partial charge < -0.3 is 14.5 Å². The van der Waals surface area contributed by atoms with Crippen molar-refractivity contribution in [2.45, 2.75) is 0 Å². The van der Waals surface area contributed by atoms with E-state index >= 15 is 0 Å².